The minimum atomic E-state index is 0.527. The highest BCUT2D eigenvalue weighted by atomic mass is 16.5. The second kappa shape index (κ2) is 6.23. The highest BCUT2D eigenvalue weighted by Gasteiger charge is 2.02. The van der Waals surface area contributed by atoms with E-state index in [1.54, 1.807) is 11.8 Å². The molecule has 0 saturated heterocycles. The Morgan fingerprint density at radius 2 is 2.47 bits per heavy atom. The van der Waals surface area contributed by atoms with Gasteiger partial charge in [0.1, 0.15) is 6.54 Å². The lowest BCUT2D eigenvalue weighted by Crippen LogP contribution is -2.18. The Labute approximate surface area is 90.6 Å². The summed E-state index contributed by atoms with van der Waals surface area (Å²) in [6, 6.07) is 0. The number of nitrogens with zero attached hydrogens (tertiary/aromatic N) is 2. The predicted octanol–water partition coefficient (Wildman–Crippen LogP) is 0.561. The molecule has 0 spiro atoms. The van der Waals surface area contributed by atoms with E-state index in [-0.39, 0.29) is 0 Å². The highest BCUT2D eigenvalue weighted by Crippen LogP contribution is 2.04. The van der Waals surface area contributed by atoms with Crippen LogP contribution in [0.15, 0.2) is 6.20 Å². The fraction of sp³-hybridized carbons (Fsp3) is 0.545. The Bertz CT molecular complexity index is 338. The van der Waals surface area contributed by atoms with Gasteiger partial charge in [-0.2, -0.15) is 5.10 Å². The normalized spacial score (nSPS) is 10.2. The Morgan fingerprint density at radius 3 is 3.13 bits per heavy atom. The molecule has 4 nitrogen and oxygen atoms in total. The lowest BCUT2D eigenvalue weighted by molar-refractivity contribution is 0.199. The van der Waals surface area contributed by atoms with E-state index in [1.165, 1.54) is 5.56 Å². The van der Waals surface area contributed by atoms with Crippen LogP contribution in [-0.2, 0) is 17.8 Å². The lowest BCUT2D eigenvalue weighted by atomic mass is 10.2. The summed E-state index contributed by atoms with van der Waals surface area (Å²) in [6.45, 7) is 4.88. The van der Waals surface area contributed by atoms with Gasteiger partial charge in [0.05, 0.1) is 12.3 Å². The molecule has 0 aliphatic carbocycles. The molecule has 1 aromatic rings. The molecule has 0 unspecified atom stereocenters. The van der Waals surface area contributed by atoms with Gasteiger partial charge >= 0.3 is 0 Å². The molecule has 4 heteroatoms. The number of aryl methyl sites for hydroxylation is 1. The second-order valence-electron chi connectivity index (χ2n) is 3.31. The molecular formula is C11H17N3O. The molecule has 0 fully saturated rings. The van der Waals surface area contributed by atoms with E-state index in [2.05, 4.69) is 16.3 Å². The van der Waals surface area contributed by atoms with Gasteiger partial charge < -0.3 is 10.1 Å². The molecule has 0 aliphatic rings. The van der Waals surface area contributed by atoms with Gasteiger partial charge in [-0.05, 0) is 6.92 Å². The van der Waals surface area contributed by atoms with Gasteiger partial charge in [0.25, 0.3) is 0 Å². The fourth-order valence-corrected chi connectivity index (χ4v) is 1.30. The van der Waals surface area contributed by atoms with Gasteiger partial charge in [0, 0.05) is 32.0 Å². The largest absolute Gasteiger partial charge is 0.383 e. The lowest BCUT2D eigenvalue weighted by Gasteiger charge is -2.01. The average Bonchev–Trinajstić information content (AvgIpc) is 2.55. The Hall–Kier alpha value is -1.31. The van der Waals surface area contributed by atoms with E-state index in [1.807, 2.05) is 13.1 Å². The fourth-order valence-electron chi connectivity index (χ4n) is 1.30. The van der Waals surface area contributed by atoms with Crippen molar-refractivity contribution in [2.24, 2.45) is 0 Å². The summed E-state index contributed by atoms with van der Waals surface area (Å²) in [5.74, 6) is 2.56. The number of rotatable bonds is 6. The van der Waals surface area contributed by atoms with E-state index in [0.717, 1.165) is 25.4 Å². The molecule has 0 aliphatic heterocycles. The maximum absolute atomic E-state index is 5.22. The zero-order valence-corrected chi connectivity index (χ0v) is 9.29. The molecule has 0 saturated carbocycles. The van der Waals surface area contributed by atoms with Gasteiger partial charge in [0.15, 0.2) is 0 Å². The summed E-state index contributed by atoms with van der Waals surface area (Å²) < 4.78 is 6.72. The Morgan fingerprint density at radius 1 is 1.67 bits per heavy atom. The van der Waals surface area contributed by atoms with Gasteiger partial charge in [-0.3, -0.25) is 4.68 Å². The molecule has 15 heavy (non-hydrogen) atoms. The second-order valence-corrected chi connectivity index (χ2v) is 3.31. The van der Waals surface area contributed by atoms with Gasteiger partial charge in [-0.15, -0.1) is 6.42 Å². The van der Waals surface area contributed by atoms with E-state index >= 15 is 0 Å². The van der Waals surface area contributed by atoms with Crippen molar-refractivity contribution < 1.29 is 4.74 Å². The molecule has 0 aromatic carbocycles. The van der Waals surface area contributed by atoms with Crippen LogP contribution in [0.5, 0.6) is 0 Å². The summed E-state index contributed by atoms with van der Waals surface area (Å²) in [6.07, 6.45) is 7.20. The summed E-state index contributed by atoms with van der Waals surface area (Å²) in [5, 5.41) is 7.57. The van der Waals surface area contributed by atoms with Crippen LogP contribution < -0.4 is 5.32 Å². The van der Waals surface area contributed by atoms with Crippen LogP contribution in [0, 0.1) is 19.3 Å². The third kappa shape index (κ3) is 3.74. The van der Waals surface area contributed by atoms with Crippen molar-refractivity contribution in [3.8, 4) is 12.3 Å². The Kier molecular flexibility index (Phi) is 4.88. The molecule has 82 valence electrons. The van der Waals surface area contributed by atoms with Crippen LogP contribution in [0.25, 0.3) is 0 Å². The number of nitrogens with one attached hydrogen (secondary N) is 1. The van der Waals surface area contributed by atoms with Crippen molar-refractivity contribution in [1.82, 2.24) is 15.1 Å². The number of methoxy groups -OCH3 is 1. The molecular weight excluding hydrogens is 190 g/mol. The first-order chi connectivity index (χ1) is 7.27. The Balaban J connectivity index is 2.43. The average molecular weight is 207 g/mol. The van der Waals surface area contributed by atoms with Crippen molar-refractivity contribution >= 4 is 0 Å². The van der Waals surface area contributed by atoms with E-state index < -0.39 is 0 Å². The van der Waals surface area contributed by atoms with Gasteiger partial charge in [-0.1, -0.05) is 5.92 Å². The highest BCUT2D eigenvalue weighted by molar-refractivity contribution is 5.15. The minimum Gasteiger partial charge on any atom is -0.383 e. The summed E-state index contributed by atoms with van der Waals surface area (Å²) >= 11 is 0. The van der Waals surface area contributed by atoms with Crippen LogP contribution in [0.4, 0.5) is 0 Å². The number of aromatic nitrogens is 2. The standard InChI is InChI=1S/C11H17N3O/c1-4-6-14-9-11(10(2)13-14)8-12-5-7-15-3/h1,9,12H,5-8H2,2-3H3. The molecule has 1 N–H and O–H groups in total. The van der Waals surface area contributed by atoms with Gasteiger partial charge in [0.2, 0.25) is 0 Å². The number of ether oxygens (including phenoxy) is 1. The van der Waals surface area contributed by atoms with Crippen LogP contribution >= 0.6 is 0 Å². The van der Waals surface area contributed by atoms with Crippen LogP contribution in [0.2, 0.25) is 0 Å². The van der Waals surface area contributed by atoms with Crippen LogP contribution in [-0.4, -0.2) is 30.0 Å². The maximum Gasteiger partial charge on any atom is 0.101 e. The summed E-state index contributed by atoms with van der Waals surface area (Å²) in [5.41, 5.74) is 2.21. The number of hydrogen-bond acceptors (Lipinski definition) is 3. The minimum absolute atomic E-state index is 0.527. The molecule has 0 radical (unpaired) electrons. The third-order valence-electron chi connectivity index (χ3n) is 2.10. The molecule has 0 amide bonds. The molecule has 1 rings (SSSR count). The maximum atomic E-state index is 5.22. The number of terminal acetylenes is 1. The predicted molar refractivity (Wildman–Crippen MR) is 59.4 cm³/mol. The number of hydrogen-bond donors (Lipinski definition) is 1. The van der Waals surface area contributed by atoms with Crippen molar-refractivity contribution in [3.63, 3.8) is 0 Å². The van der Waals surface area contributed by atoms with Crippen LogP contribution in [0.1, 0.15) is 11.3 Å². The first-order valence-electron chi connectivity index (χ1n) is 4.94. The van der Waals surface area contributed by atoms with Crippen LogP contribution in [0.3, 0.4) is 0 Å². The monoisotopic (exact) mass is 207 g/mol. The summed E-state index contributed by atoms with van der Waals surface area (Å²) in [7, 11) is 1.69. The van der Waals surface area contributed by atoms with Crippen molar-refractivity contribution in [2.75, 3.05) is 20.3 Å². The van der Waals surface area contributed by atoms with Gasteiger partial charge in [-0.25, -0.2) is 0 Å². The smallest absolute Gasteiger partial charge is 0.101 e. The van der Waals surface area contributed by atoms with E-state index in [4.69, 9.17) is 11.2 Å². The molecule has 1 heterocycles. The SMILES string of the molecule is C#CCn1cc(CNCCOC)c(C)n1. The van der Waals surface area contributed by atoms with E-state index in [9.17, 15) is 0 Å². The third-order valence-corrected chi connectivity index (χ3v) is 2.10. The molecule has 0 bridgehead atoms. The zero-order valence-electron chi connectivity index (χ0n) is 9.29. The van der Waals surface area contributed by atoms with E-state index in [0.29, 0.717) is 6.54 Å². The molecule has 1 aromatic heterocycles. The molecule has 0 atom stereocenters. The first kappa shape index (κ1) is 11.8. The van der Waals surface area contributed by atoms with Crippen molar-refractivity contribution in [3.05, 3.63) is 17.5 Å². The van der Waals surface area contributed by atoms with Crippen molar-refractivity contribution in [1.29, 1.82) is 0 Å². The topological polar surface area (TPSA) is 39.1 Å². The quantitative estimate of drug-likeness (QED) is 0.547. The zero-order chi connectivity index (χ0) is 11.1. The summed E-state index contributed by atoms with van der Waals surface area (Å²) in [4.78, 5) is 0. The van der Waals surface area contributed by atoms with Crippen molar-refractivity contribution in [2.45, 2.75) is 20.0 Å². The first-order valence-corrected chi connectivity index (χ1v) is 4.94.